The molecule has 1 rings (SSSR count). The summed E-state index contributed by atoms with van der Waals surface area (Å²) < 4.78 is 4.32. The highest BCUT2D eigenvalue weighted by Gasteiger charge is 2.18. The van der Waals surface area contributed by atoms with Crippen LogP contribution in [0.3, 0.4) is 0 Å². The summed E-state index contributed by atoms with van der Waals surface area (Å²) in [5.74, 6) is 0. The third-order valence-corrected chi connectivity index (χ3v) is 2.10. The van der Waals surface area contributed by atoms with Crippen molar-refractivity contribution in [3.05, 3.63) is 36.9 Å². The Labute approximate surface area is 90.4 Å². The number of hydrogen-bond acceptors (Lipinski definition) is 2. The molecule has 1 aromatic carbocycles. The first-order chi connectivity index (χ1) is 6.95. The van der Waals surface area contributed by atoms with Crippen LogP contribution in [0, 0.1) is 7.11 Å². The molecule has 3 heteroatoms. The van der Waals surface area contributed by atoms with Gasteiger partial charge in [-0.3, -0.25) is 5.32 Å². The number of carbonyl (C=O) groups excluding carboxylic acids is 1. The first kappa shape index (κ1) is 11.6. The maximum absolute atomic E-state index is 11.1. The molecule has 0 atom stereocenters. The lowest BCUT2D eigenvalue weighted by Crippen LogP contribution is -2.18. The first-order valence-corrected chi connectivity index (χ1v) is 4.77. The summed E-state index contributed by atoms with van der Waals surface area (Å²) in [7, 11) is 3.06. The zero-order chi connectivity index (χ0) is 11.5. The van der Waals surface area contributed by atoms with Crippen LogP contribution in [0.2, 0.25) is 0 Å². The Kier molecular flexibility index (Phi) is 3.35. The molecule has 1 aromatic rings. The summed E-state index contributed by atoms with van der Waals surface area (Å²) in [4.78, 5) is 11.1. The fourth-order valence-electron chi connectivity index (χ4n) is 1.39. The number of hydrogen-bond donors (Lipinski definition) is 1. The molecule has 0 unspecified atom stereocenters. The molecule has 0 fully saturated rings. The predicted octanol–water partition coefficient (Wildman–Crippen LogP) is 3.32. The Hall–Kier alpha value is -1.51. The largest absolute Gasteiger partial charge is 0.446 e. The number of rotatable bonds is 1. The average molecular weight is 206 g/mol. The number of carbonyl (C=O) groups is 1. The fraction of sp³-hybridized carbons (Fsp3) is 0.333. The third kappa shape index (κ3) is 2.98. The molecule has 0 bridgehead atoms. The van der Waals surface area contributed by atoms with Crippen LogP contribution in [0.4, 0.5) is 10.5 Å². The van der Waals surface area contributed by atoms with Crippen LogP contribution in [0.5, 0.6) is 0 Å². The normalized spacial score (nSPS) is 10.9. The Morgan fingerprint density at radius 3 is 2.47 bits per heavy atom. The fourth-order valence-corrected chi connectivity index (χ4v) is 1.39. The number of nitrogens with one attached hydrogen (secondary N) is 1. The summed E-state index contributed by atoms with van der Waals surface area (Å²) >= 11 is 0. The number of amides is 1. The van der Waals surface area contributed by atoms with Crippen molar-refractivity contribution >= 4 is 11.8 Å². The van der Waals surface area contributed by atoms with Crippen molar-refractivity contribution in [1.82, 2.24) is 0 Å². The summed E-state index contributed by atoms with van der Waals surface area (Å²) in [6.45, 7) is 6.26. The van der Waals surface area contributed by atoms with E-state index in [1.54, 1.807) is 0 Å². The summed E-state index contributed by atoms with van der Waals surface area (Å²) in [5.41, 5.74) is 1.81. The second-order valence-corrected chi connectivity index (χ2v) is 4.35. The zero-order valence-electron chi connectivity index (χ0n) is 9.33. The molecule has 81 valence electrons. The lowest BCUT2D eigenvalue weighted by Gasteiger charge is -2.22. The van der Waals surface area contributed by atoms with Gasteiger partial charge in [-0.05, 0) is 17.0 Å². The Balaban J connectivity index is 3.02. The van der Waals surface area contributed by atoms with Crippen LogP contribution in [0.1, 0.15) is 26.3 Å². The third-order valence-electron chi connectivity index (χ3n) is 2.10. The Morgan fingerprint density at radius 1 is 1.33 bits per heavy atom. The molecule has 1 amide bonds. The van der Waals surface area contributed by atoms with Gasteiger partial charge in [0.1, 0.15) is 7.11 Å². The van der Waals surface area contributed by atoms with Crippen LogP contribution >= 0.6 is 0 Å². The maximum atomic E-state index is 11.1. The molecule has 1 radical (unpaired) electrons. The minimum Gasteiger partial charge on any atom is -0.446 e. The molecule has 0 aromatic heterocycles. The average Bonchev–Trinajstić information content (AvgIpc) is 2.17. The van der Waals surface area contributed by atoms with E-state index in [2.05, 4.69) is 37.9 Å². The van der Waals surface area contributed by atoms with Crippen LogP contribution in [-0.4, -0.2) is 6.09 Å². The van der Waals surface area contributed by atoms with Crippen LogP contribution in [0.25, 0.3) is 0 Å². The zero-order valence-corrected chi connectivity index (χ0v) is 9.33. The molecule has 0 heterocycles. The molecule has 0 spiro atoms. The summed E-state index contributed by atoms with van der Waals surface area (Å²) in [6, 6.07) is 7.64. The highest BCUT2D eigenvalue weighted by atomic mass is 16.5. The maximum Gasteiger partial charge on any atom is 0.411 e. The predicted molar refractivity (Wildman–Crippen MR) is 60.6 cm³/mol. The molecule has 15 heavy (non-hydrogen) atoms. The SMILES string of the molecule is [CH2]OC(=O)Nc1ccccc1C(C)(C)C. The summed E-state index contributed by atoms with van der Waals surface area (Å²) in [5, 5.41) is 2.64. The van der Waals surface area contributed by atoms with Crippen molar-refractivity contribution in [3.8, 4) is 0 Å². The Morgan fingerprint density at radius 2 is 1.93 bits per heavy atom. The van der Waals surface area contributed by atoms with Crippen LogP contribution in [-0.2, 0) is 10.2 Å². The van der Waals surface area contributed by atoms with Crippen molar-refractivity contribution in [2.45, 2.75) is 26.2 Å². The van der Waals surface area contributed by atoms with Gasteiger partial charge in [0.25, 0.3) is 0 Å². The van der Waals surface area contributed by atoms with Crippen LogP contribution in [0.15, 0.2) is 24.3 Å². The topological polar surface area (TPSA) is 38.3 Å². The highest BCUT2D eigenvalue weighted by Crippen LogP contribution is 2.29. The lowest BCUT2D eigenvalue weighted by atomic mass is 9.86. The van der Waals surface area contributed by atoms with E-state index in [-0.39, 0.29) is 5.41 Å². The van der Waals surface area contributed by atoms with E-state index >= 15 is 0 Å². The summed E-state index contributed by atoms with van der Waals surface area (Å²) in [6.07, 6.45) is -0.549. The van der Waals surface area contributed by atoms with Gasteiger partial charge >= 0.3 is 6.09 Å². The van der Waals surface area contributed by atoms with Crippen molar-refractivity contribution in [3.63, 3.8) is 0 Å². The van der Waals surface area contributed by atoms with Gasteiger partial charge in [-0.25, -0.2) is 4.79 Å². The lowest BCUT2D eigenvalue weighted by molar-refractivity contribution is 0.199. The molecule has 0 saturated heterocycles. The standard InChI is InChI=1S/C12H16NO2/c1-12(2,3)9-7-5-6-8-10(9)13-11(14)15-4/h5-8H,4H2,1-3H3,(H,13,14). The molecule has 3 nitrogen and oxygen atoms in total. The Bertz CT molecular complexity index is 353. The van der Waals surface area contributed by atoms with Crippen molar-refractivity contribution < 1.29 is 9.53 Å². The van der Waals surface area contributed by atoms with E-state index in [9.17, 15) is 4.79 Å². The van der Waals surface area contributed by atoms with E-state index in [1.807, 2.05) is 24.3 Å². The van der Waals surface area contributed by atoms with E-state index in [4.69, 9.17) is 0 Å². The van der Waals surface area contributed by atoms with Crippen molar-refractivity contribution in [2.24, 2.45) is 0 Å². The van der Waals surface area contributed by atoms with Gasteiger partial charge in [-0.1, -0.05) is 39.0 Å². The van der Waals surface area contributed by atoms with Gasteiger partial charge < -0.3 is 4.74 Å². The number of anilines is 1. The number of ether oxygens (including phenoxy) is 1. The van der Waals surface area contributed by atoms with E-state index < -0.39 is 6.09 Å². The number of para-hydroxylation sites is 1. The van der Waals surface area contributed by atoms with Gasteiger partial charge in [-0.15, -0.1) is 0 Å². The molecule has 0 aliphatic carbocycles. The van der Waals surface area contributed by atoms with Gasteiger partial charge in [0, 0.05) is 5.69 Å². The van der Waals surface area contributed by atoms with Gasteiger partial charge in [0.15, 0.2) is 0 Å². The second-order valence-electron chi connectivity index (χ2n) is 4.35. The van der Waals surface area contributed by atoms with Crippen molar-refractivity contribution in [1.29, 1.82) is 0 Å². The van der Waals surface area contributed by atoms with E-state index in [1.165, 1.54) is 0 Å². The second kappa shape index (κ2) is 4.34. The highest BCUT2D eigenvalue weighted by molar-refractivity contribution is 5.86. The minimum atomic E-state index is -0.549. The van der Waals surface area contributed by atoms with Crippen molar-refractivity contribution in [2.75, 3.05) is 5.32 Å². The molecule has 0 saturated carbocycles. The monoisotopic (exact) mass is 206 g/mol. The van der Waals surface area contributed by atoms with Crippen LogP contribution < -0.4 is 5.32 Å². The quantitative estimate of drug-likeness (QED) is 0.765. The number of benzene rings is 1. The molecule has 0 aliphatic rings. The first-order valence-electron chi connectivity index (χ1n) is 4.77. The molecular weight excluding hydrogens is 190 g/mol. The van der Waals surface area contributed by atoms with E-state index in [0.717, 1.165) is 11.3 Å². The van der Waals surface area contributed by atoms with Gasteiger partial charge in [0.05, 0.1) is 0 Å². The molecule has 1 N–H and O–H groups in total. The van der Waals surface area contributed by atoms with E-state index in [0.29, 0.717) is 0 Å². The molecule has 0 aliphatic heterocycles. The van der Waals surface area contributed by atoms with Gasteiger partial charge in [0.2, 0.25) is 0 Å². The minimum absolute atomic E-state index is 0.0228. The smallest absolute Gasteiger partial charge is 0.411 e. The molecular formula is C12H16NO2. The van der Waals surface area contributed by atoms with Gasteiger partial charge in [-0.2, -0.15) is 0 Å².